The van der Waals surface area contributed by atoms with Crippen LogP contribution in [0.4, 0.5) is 0 Å². The molecule has 1 aliphatic heterocycles. The Hall–Kier alpha value is -0.0800. The summed E-state index contributed by atoms with van der Waals surface area (Å²) in [4.78, 5) is 2.62. The minimum absolute atomic E-state index is 0.667. The van der Waals surface area contributed by atoms with Gasteiger partial charge in [0.05, 0.1) is 0 Å². The lowest BCUT2D eigenvalue weighted by atomic mass is 9.91. The molecule has 0 radical (unpaired) electrons. The second kappa shape index (κ2) is 5.71. The fraction of sp³-hybridized carbons (Fsp3) is 1.00. The van der Waals surface area contributed by atoms with Crippen molar-refractivity contribution in [1.82, 2.24) is 10.2 Å². The average molecular weight is 238 g/mol. The van der Waals surface area contributed by atoms with E-state index in [1.165, 1.54) is 58.3 Å². The van der Waals surface area contributed by atoms with Crippen LogP contribution in [-0.4, -0.2) is 37.1 Å². The zero-order valence-electron chi connectivity index (χ0n) is 12.0. The molecule has 2 fully saturated rings. The molecule has 0 bridgehead atoms. The molecule has 0 unspecified atom stereocenters. The lowest BCUT2D eigenvalue weighted by Crippen LogP contribution is -2.44. The summed E-state index contributed by atoms with van der Waals surface area (Å²) in [6, 6.07) is 0.791. The Balaban J connectivity index is 1.65. The van der Waals surface area contributed by atoms with Crippen molar-refractivity contribution in [1.29, 1.82) is 0 Å². The Bertz CT molecular complexity index is 225. The van der Waals surface area contributed by atoms with Crippen LogP contribution in [0.2, 0.25) is 0 Å². The molecule has 1 N–H and O–H groups in total. The largest absolute Gasteiger partial charge is 0.313 e. The second-order valence-corrected chi connectivity index (χ2v) is 6.51. The first-order valence-electron chi connectivity index (χ1n) is 7.62. The van der Waals surface area contributed by atoms with Crippen LogP contribution < -0.4 is 5.32 Å². The van der Waals surface area contributed by atoms with Gasteiger partial charge in [-0.15, -0.1) is 0 Å². The Kier molecular flexibility index (Phi) is 4.48. The first-order chi connectivity index (χ1) is 8.16. The minimum atomic E-state index is 0.667. The monoisotopic (exact) mass is 238 g/mol. The highest BCUT2D eigenvalue weighted by Crippen LogP contribution is 2.51. The molecule has 2 nitrogen and oxygen atoms in total. The summed E-state index contributed by atoms with van der Waals surface area (Å²) in [7, 11) is 0. The molecule has 100 valence electrons. The number of hydrogen-bond donors (Lipinski definition) is 1. The van der Waals surface area contributed by atoms with Gasteiger partial charge < -0.3 is 10.2 Å². The molecule has 1 aliphatic carbocycles. The van der Waals surface area contributed by atoms with Gasteiger partial charge in [-0.25, -0.2) is 0 Å². The van der Waals surface area contributed by atoms with Gasteiger partial charge in [-0.1, -0.05) is 20.8 Å². The molecule has 0 amide bonds. The molecule has 0 spiro atoms. The lowest BCUT2D eigenvalue weighted by Gasteiger charge is -2.33. The van der Waals surface area contributed by atoms with E-state index < -0.39 is 0 Å². The van der Waals surface area contributed by atoms with Gasteiger partial charge in [0.25, 0.3) is 0 Å². The number of piperidine rings is 1. The molecule has 0 aromatic heterocycles. The van der Waals surface area contributed by atoms with Gasteiger partial charge in [-0.2, -0.15) is 0 Å². The zero-order valence-corrected chi connectivity index (χ0v) is 12.0. The van der Waals surface area contributed by atoms with Gasteiger partial charge in [0.15, 0.2) is 0 Å². The summed E-state index contributed by atoms with van der Waals surface area (Å²) < 4.78 is 0. The molecule has 2 heteroatoms. The molecule has 1 saturated carbocycles. The molecule has 2 rings (SSSR count). The normalized spacial score (nSPS) is 25.4. The third-order valence-electron chi connectivity index (χ3n) is 4.99. The van der Waals surface area contributed by atoms with Crippen molar-refractivity contribution in [3.8, 4) is 0 Å². The predicted molar refractivity (Wildman–Crippen MR) is 74.3 cm³/mol. The average Bonchev–Trinajstić information content (AvgIpc) is 3.10. The first-order valence-corrected chi connectivity index (χ1v) is 7.62. The van der Waals surface area contributed by atoms with Gasteiger partial charge >= 0.3 is 0 Å². The molecule has 2 aliphatic rings. The van der Waals surface area contributed by atoms with Gasteiger partial charge in [0.2, 0.25) is 0 Å². The maximum atomic E-state index is 3.84. The van der Waals surface area contributed by atoms with E-state index in [1.54, 1.807) is 0 Å². The van der Waals surface area contributed by atoms with Crippen LogP contribution in [0, 0.1) is 11.3 Å². The predicted octanol–water partition coefficient (Wildman–Crippen LogP) is 2.89. The van der Waals surface area contributed by atoms with Crippen LogP contribution in [-0.2, 0) is 0 Å². The summed E-state index contributed by atoms with van der Waals surface area (Å²) in [6.45, 7) is 12.2. The second-order valence-electron chi connectivity index (χ2n) is 6.51. The van der Waals surface area contributed by atoms with Crippen molar-refractivity contribution in [2.45, 2.75) is 58.9 Å². The van der Waals surface area contributed by atoms with Gasteiger partial charge in [-0.05, 0) is 63.1 Å². The van der Waals surface area contributed by atoms with Crippen molar-refractivity contribution in [2.75, 3.05) is 26.2 Å². The van der Waals surface area contributed by atoms with E-state index in [9.17, 15) is 0 Å². The van der Waals surface area contributed by atoms with Crippen LogP contribution in [0.3, 0.4) is 0 Å². The highest BCUT2D eigenvalue weighted by atomic mass is 15.1. The van der Waals surface area contributed by atoms with Gasteiger partial charge in [-0.3, -0.25) is 0 Å². The zero-order chi connectivity index (χ0) is 12.3. The number of hydrogen-bond acceptors (Lipinski definition) is 2. The number of nitrogens with zero attached hydrogens (tertiary/aromatic N) is 1. The third-order valence-corrected chi connectivity index (χ3v) is 4.99. The topological polar surface area (TPSA) is 15.3 Å². The quantitative estimate of drug-likeness (QED) is 0.765. The molecule has 1 heterocycles. The SMILES string of the molecule is CCCN1CCC(NCC2(C(C)C)CC2)CC1. The van der Waals surface area contributed by atoms with Crippen molar-refractivity contribution in [2.24, 2.45) is 11.3 Å². The van der Waals surface area contributed by atoms with E-state index in [0.717, 1.165) is 12.0 Å². The Labute approximate surface area is 107 Å². The molecule has 0 atom stereocenters. The van der Waals surface area contributed by atoms with Crippen molar-refractivity contribution in [3.05, 3.63) is 0 Å². The number of nitrogens with one attached hydrogen (secondary N) is 1. The maximum absolute atomic E-state index is 3.84. The fourth-order valence-electron chi connectivity index (χ4n) is 3.14. The molecule has 0 aromatic rings. The summed E-state index contributed by atoms with van der Waals surface area (Å²) in [5.41, 5.74) is 0.667. The van der Waals surface area contributed by atoms with Crippen molar-refractivity contribution in [3.63, 3.8) is 0 Å². The maximum Gasteiger partial charge on any atom is 0.00916 e. The minimum Gasteiger partial charge on any atom is -0.313 e. The van der Waals surface area contributed by atoms with Gasteiger partial charge in [0.1, 0.15) is 0 Å². The van der Waals surface area contributed by atoms with E-state index in [4.69, 9.17) is 0 Å². The van der Waals surface area contributed by atoms with E-state index >= 15 is 0 Å². The summed E-state index contributed by atoms with van der Waals surface area (Å²) in [5, 5.41) is 3.84. The van der Waals surface area contributed by atoms with Crippen molar-refractivity contribution >= 4 is 0 Å². The fourth-order valence-corrected chi connectivity index (χ4v) is 3.14. The molecule has 1 saturated heterocycles. The van der Waals surface area contributed by atoms with E-state index in [0.29, 0.717) is 5.41 Å². The molecular weight excluding hydrogens is 208 g/mol. The number of rotatable bonds is 6. The highest BCUT2D eigenvalue weighted by molar-refractivity contribution is 4.98. The van der Waals surface area contributed by atoms with Crippen molar-refractivity contribution < 1.29 is 0 Å². The van der Waals surface area contributed by atoms with E-state index in [1.807, 2.05) is 0 Å². The van der Waals surface area contributed by atoms with Gasteiger partial charge in [0, 0.05) is 12.6 Å². The Morgan fingerprint density at radius 3 is 2.35 bits per heavy atom. The smallest absolute Gasteiger partial charge is 0.00916 e. The standard InChI is InChI=1S/C15H30N2/c1-4-9-17-10-5-14(6-11-17)16-12-15(7-8-15)13(2)3/h13-14,16H,4-12H2,1-3H3. The van der Waals surface area contributed by atoms with Crippen LogP contribution in [0.25, 0.3) is 0 Å². The lowest BCUT2D eigenvalue weighted by molar-refractivity contribution is 0.189. The molecule has 0 aromatic carbocycles. The molecular formula is C15H30N2. The first kappa shape index (κ1) is 13.4. The Morgan fingerprint density at radius 2 is 1.88 bits per heavy atom. The highest BCUT2D eigenvalue weighted by Gasteiger charge is 2.45. The van der Waals surface area contributed by atoms with Crippen LogP contribution in [0.15, 0.2) is 0 Å². The summed E-state index contributed by atoms with van der Waals surface area (Å²) in [6.07, 6.45) is 6.91. The molecule has 17 heavy (non-hydrogen) atoms. The third kappa shape index (κ3) is 3.45. The van der Waals surface area contributed by atoms with E-state index in [2.05, 4.69) is 31.0 Å². The Morgan fingerprint density at radius 1 is 1.24 bits per heavy atom. The summed E-state index contributed by atoms with van der Waals surface area (Å²) >= 11 is 0. The van der Waals surface area contributed by atoms with Crippen LogP contribution in [0.5, 0.6) is 0 Å². The summed E-state index contributed by atoms with van der Waals surface area (Å²) in [5.74, 6) is 0.857. The van der Waals surface area contributed by atoms with E-state index in [-0.39, 0.29) is 0 Å². The number of likely N-dealkylation sites (tertiary alicyclic amines) is 1. The van der Waals surface area contributed by atoms with Crippen LogP contribution in [0.1, 0.15) is 52.9 Å². The van der Waals surface area contributed by atoms with Crippen LogP contribution >= 0.6 is 0 Å².